The van der Waals surface area contributed by atoms with Crippen LogP contribution in [0.15, 0.2) is 0 Å². The molecule has 0 atom stereocenters. The van der Waals surface area contributed by atoms with Gasteiger partial charge in [-0.1, -0.05) is 0 Å². The smallest absolute Gasteiger partial charge is 0.324 e. The van der Waals surface area contributed by atoms with Crippen LogP contribution in [0.5, 0.6) is 0 Å². The number of rotatable bonds is 5. The number of carboxylic acid groups (broad SMARTS) is 1. The Morgan fingerprint density at radius 3 is 2.11 bits per heavy atom. The second-order valence-electron chi connectivity index (χ2n) is 7.21. The Morgan fingerprint density at radius 1 is 1.16 bits per heavy atom. The minimum absolute atomic E-state index is 0.364. The molecular weight excluding hydrogens is 240 g/mol. The zero-order valence-corrected chi connectivity index (χ0v) is 12.1. The molecule has 4 saturated carbocycles. The largest absolute Gasteiger partial charge is 0.480 e. The molecule has 4 heteroatoms. The number of carboxylic acids is 1. The molecule has 108 valence electrons. The van der Waals surface area contributed by atoms with Gasteiger partial charge in [0, 0.05) is 13.1 Å². The van der Waals surface area contributed by atoms with Gasteiger partial charge in [-0.3, -0.25) is 4.79 Å². The fourth-order valence-corrected chi connectivity index (χ4v) is 5.13. The lowest BCUT2D eigenvalue weighted by atomic mass is 9.48. The van der Waals surface area contributed by atoms with Crippen molar-refractivity contribution < 1.29 is 9.90 Å². The van der Waals surface area contributed by atoms with E-state index in [0.29, 0.717) is 11.8 Å². The lowest BCUT2D eigenvalue weighted by Gasteiger charge is -2.59. The number of nitrogens with one attached hydrogen (secondary N) is 1. The molecule has 0 aromatic carbocycles. The van der Waals surface area contributed by atoms with Crippen molar-refractivity contribution in [1.82, 2.24) is 10.2 Å². The van der Waals surface area contributed by atoms with Gasteiger partial charge in [-0.25, -0.2) is 0 Å². The predicted octanol–water partition coefficient (Wildman–Crippen LogP) is 1.42. The third-order valence-corrected chi connectivity index (χ3v) is 5.76. The molecule has 4 aliphatic carbocycles. The Balaban J connectivity index is 1.78. The summed E-state index contributed by atoms with van der Waals surface area (Å²) >= 11 is 0. The Morgan fingerprint density at radius 2 is 1.68 bits per heavy atom. The normalized spacial score (nSPS) is 43.9. The van der Waals surface area contributed by atoms with E-state index in [2.05, 4.69) is 10.2 Å². The van der Waals surface area contributed by atoms with E-state index in [1.54, 1.807) is 0 Å². The first-order valence-electron chi connectivity index (χ1n) is 7.65. The summed E-state index contributed by atoms with van der Waals surface area (Å²) in [6.45, 7) is 1.68. The van der Waals surface area contributed by atoms with Crippen molar-refractivity contribution in [3.05, 3.63) is 0 Å². The van der Waals surface area contributed by atoms with Gasteiger partial charge < -0.3 is 15.3 Å². The fraction of sp³-hybridized carbons (Fsp3) is 0.933. The number of aliphatic carboxylic acids is 1. The number of hydrogen-bond donors (Lipinski definition) is 2. The summed E-state index contributed by atoms with van der Waals surface area (Å²) in [4.78, 5) is 14.1. The summed E-state index contributed by atoms with van der Waals surface area (Å²) in [5, 5.41) is 13.4. The summed E-state index contributed by atoms with van der Waals surface area (Å²) in [6, 6.07) is 0. The molecule has 19 heavy (non-hydrogen) atoms. The molecular formula is C15H26N2O2. The summed E-state index contributed by atoms with van der Waals surface area (Å²) in [6.07, 6.45) is 5.89. The van der Waals surface area contributed by atoms with Crippen LogP contribution in [0.1, 0.15) is 32.1 Å². The minimum atomic E-state index is -0.622. The van der Waals surface area contributed by atoms with E-state index in [9.17, 15) is 9.90 Å². The highest BCUT2D eigenvalue weighted by atomic mass is 16.4. The maximum absolute atomic E-state index is 12.0. The molecule has 4 nitrogen and oxygen atoms in total. The van der Waals surface area contributed by atoms with Crippen LogP contribution < -0.4 is 5.32 Å². The van der Waals surface area contributed by atoms with Gasteiger partial charge in [0.1, 0.15) is 5.54 Å². The van der Waals surface area contributed by atoms with Crippen LogP contribution in [-0.2, 0) is 4.79 Å². The molecule has 0 spiro atoms. The highest BCUT2D eigenvalue weighted by molar-refractivity contribution is 5.80. The van der Waals surface area contributed by atoms with E-state index >= 15 is 0 Å². The third kappa shape index (κ3) is 2.09. The average Bonchev–Trinajstić information content (AvgIpc) is 2.31. The van der Waals surface area contributed by atoms with Gasteiger partial charge in [-0.2, -0.15) is 0 Å². The standard InChI is InChI=1S/C15H26N2O2/c1-17(2)4-3-16-15(14(18)19)12-6-10-5-11(8-12)9-13(15)7-10/h10-13,16H,3-9H2,1-2H3,(H,18,19). The van der Waals surface area contributed by atoms with Crippen molar-refractivity contribution in [2.45, 2.75) is 37.6 Å². The topological polar surface area (TPSA) is 52.6 Å². The maximum atomic E-state index is 12.0. The highest BCUT2D eigenvalue weighted by Gasteiger charge is 2.60. The van der Waals surface area contributed by atoms with Crippen LogP contribution in [-0.4, -0.2) is 48.7 Å². The van der Waals surface area contributed by atoms with Crippen LogP contribution in [0.25, 0.3) is 0 Å². The monoisotopic (exact) mass is 266 g/mol. The van der Waals surface area contributed by atoms with Gasteiger partial charge in [0.15, 0.2) is 0 Å². The van der Waals surface area contributed by atoms with Crippen molar-refractivity contribution >= 4 is 5.97 Å². The Labute approximate surface area is 115 Å². The predicted molar refractivity (Wildman–Crippen MR) is 74.0 cm³/mol. The lowest BCUT2D eigenvalue weighted by molar-refractivity contribution is -0.164. The molecule has 0 amide bonds. The number of likely N-dealkylation sites (N-methyl/N-ethyl adjacent to an activating group) is 1. The zero-order valence-electron chi connectivity index (χ0n) is 12.1. The summed E-state index contributed by atoms with van der Waals surface area (Å²) in [5.74, 6) is 1.75. The van der Waals surface area contributed by atoms with Crippen molar-refractivity contribution in [2.75, 3.05) is 27.2 Å². The number of carbonyl (C=O) groups is 1. The van der Waals surface area contributed by atoms with Crippen LogP contribution >= 0.6 is 0 Å². The first kappa shape index (κ1) is 13.4. The number of nitrogens with zero attached hydrogens (tertiary/aromatic N) is 1. The maximum Gasteiger partial charge on any atom is 0.324 e. The SMILES string of the molecule is CN(C)CCNC1(C(=O)O)C2CC3CC(C2)CC1C3. The van der Waals surface area contributed by atoms with Gasteiger partial charge in [0.25, 0.3) is 0 Å². The molecule has 0 aromatic heterocycles. The third-order valence-electron chi connectivity index (χ3n) is 5.76. The quantitative estimate of drug-likeness (QED) is 0.790. The average molecular weight is 266 g/mol. The van der Waals surface area contributed by atoms with Crippen LogP contribution in [0.4, 0.5) is 0 Å². The molecule has 0 unspecified atom stereocenters. The summed E-state index contributed by atoms with van der Waals surface area (Å²) in [7, 11) is 4.07. The highest BCUT2D eigenvalue weighted by Crippen LogP contribution is 2.58. The van der Waals surface area contributed by atoms with Gasteiger partial charge in [0.05, 0.1) is 0 Å². The van der Waals surface area contributed by atoms with Crippen LogP contribution in [0.2, 0.25) is 0 Å². The van der Waals surface area contributed by atoms with E-state index in [1.165, 1.54) is 6.42 Å². The molecule has 4 rings (SSSR count). The van der Waals surface area contributed by atoms with Gasteiger partial charge >= 0.3 is 5.97 Å². The van der Waals surface area contributed by atoms with Gasteiger partial charge in [-0.15, -0.1) is 0 Å². The zero-order chi connectivity index (χ0) is 13.6. The lowest BCUT2D eigenvalue weighted by Crippen LogP contribution is -2.69. The second kappa shape index (κ2) is 4.74. The molecule has 2 N–H and O–H groups in total. The Kier molecular flexibility index (Phi) is 3.34. The van der Waals surface area contributed by atoms with Crippen molar-refractivity contribution in [3.8, 4) is 0 Å². The Bertz CT molecular complexity index is 339. The molecule has 0 aliphatic heterocycles. The summed E-state index contributed by atoms with van der Waals surface area (Å²) < 4.78 is 0. The van der Waals surface area contributed by atoms with E-state index in [4.69, 9.17) is 0 Å². The van der Waals surface area contributed by atoms with Gasteiger partial charge in [0.2, 0.25) is 0 Å². The Hall–Kier alpha value is -0.610. The van der Waals surface area contributed by atoms with Crippen LogP contribution in [0, 0.1) is 23.7 Å². The van der Waals surface area contributed by atoms with E-state index in [-0.39, 0.29) is 0 Å². The first-order chi connectivity index (χ1) is 9.02. The second-order valence-corrected chi connectivity index (χ2v) is 7.21. The fourth-order valence-electron chi connectivity index (χ4n) is 5.13. The van der Waals surface area contributed by atoms with Crippen LogP contribution in [0.3, 0.4) is 0 Å². The molecule has 4 fully saturated rings. The first-order valence-corrected chi connectivity index (χ1v) is 7.65. The molecule has 0 saturated heterocycles. The summed E-state index contributed by atoms with van der Waals surface area (Å²) in [5.41, 5.74) is -0.622. The molecule has 0 radical (unpaired) electrons. The van der Waals surface area contributed by atoms with Crippen molar-refractivity contribution in [1.29, 1.82) is 0 Å². The minimum Gasteiger partial charge on any atom is -0.480 e. The van der Waals surface area contributed by atoms with E-state index in [0.717, 1.165) is 50.6 Å². The van der Waals surface area contributed by atoms with E-state index in [1.807, 2.05) is 14.1 Å². The van der Waals surface area contributed by atoms with Crippen molar-refractivity contribution in [3.63, 3.8) is 0 Å². The van der Waals surface area contributed by atoms with Crippen molar-refractivity contribution in [2.24, 2.45) is 23.7 Å². The van der Waals surface area contributed by atoms with Gasteiger partial charge in [-0.05, 0) is 69.9 Å². The van der Waals surface area contributed by atoms with E-state index < -0.39 is 11.5 Å². The molecule has 0 heterocycles. The number of hydrogen-bond acceptors (Lipinski definition) is 3. The molecule has 4 aliphatic rings. The molecule has 4 bridgehead atoms. The molecule has 0 aromatic rings.